The summed E-state index contributed by atoms with van der Waals surface area (Å²) in [6.45, 7) is 1.78. The van der Waals surface area contributed by atoms with Crippen molar-refractivity contribution in [3.63, 3.8) is 0 Å². The summed E-state index contributed by atoms with van der Waals surface area (Å²) < 4.78 is 42.9. The molecule has 0 aliphatic carbocycles. The van der Waals surface area contributed by atoms with Crippen molar-refractivity contribution in [1.82, 2.24) is 4.98 Å². The SMILES string of the molecule is N#Cc1ncc(C(F)(F)F)cc1N1CCOCC1. The molecular weight excluding hydrogens is 247 g/mol. The predicted molar refractivity (Wildman–Crippen MR) is 57.0 cm³/mol. The van der Waals surface area contributed by atoms with Crippen LogP contribution in [-0.4, -0.2) is 31.3 Å². The predicted octanol–water partition coefficient (Wildman–Crippen LogP) is 1.81. The summed E-state index contributed by atoms with van der Waals surface area (Å²) in [6, 6.07) is 2.78. The molecule has 0 N–H and O–H groups in total. The van der Waals surface area contributed by atoms with E-state index in [1.165, 1.54) is 0 Å². The number of aromatic nitrogens is 1. The Morgan fingerprint density at radius 2 is 2.00 bits per heavy atom. The molecule has 7 heteroatoms. The van der Waals surface area contributed by atoms with Crippen LogP contribution in [-0.2, 0) is 10.9 Å². The van der Waals surface area contributed by atoms with Gasteiger partial charge < -0.3 is 9.64 Å². The van der Waals surface area contributed by atoms with Gasteiger partial charge in [-0.15, -0.1) is 0 Å². The fourth-order valence-corrected chi connectivity index (χ4v) is 1.74. The average Bonchev–Trinajstić information content (AvgIpc) is 2.38. The highest BCUT2D eigenvalue weighted by Gasteiger charge is 2.32. The van der Waals surface area contributed by atoms with E-state index in [0.29, 0.717) is 32.5 Å². The lowest BCUT2D eigenvalue weighted by atomic mass is 10.2. The number of morpholine rings is 1. The molecule has 2 heterocycles. The van der Waals surface area contributed by atoms with Crippen molar-refractivity contribution in [3.05, 3.63) is 23.5 Å². The quantitative estimate of drug-likeness (QED) is 0.769. The Labute approximate surface area is 102 Å². The fraction of sp³-hybridized carbons (Fsp3) is 0.455. The second-order valence-electron chi connectivity index (χ2n) is 3.80. The standard InChI is InChI=1S/C11H10F3N3O/c12-11(13,14)8-5-10(9(6-15)16-7-8)17-1-3-18-4-2-17/h5,7H,1-4H2. The maximum Gasteiger partial charge on any atom is 0.417 e. The molecule has 0 spiro atoms. The molecule has 96 valence electrons. The van der Waals surface area contributed by atoms with E-state index in [0.717, 1.165) is 6.07 Å². The minimum atomic E-state index is -4.46. The smallest absolute Gasteiger partial charge is 0.378 e. The molecule has 1 fully saturated rings. The fourth-order valence-electron chi connectivity index (χ4n) is 1.74. The zero-order valence-corrected chi connectivity index (χ0v) is 9.37. The van der Waals surface area contributed by atoms with Gasteiger partial charge in [-0.25, -0.2) is 4.98 Å². The first kappa shape index (κ1) is 12.6. The van der Waals surface area contributed by atoms with Crippen LogP contribution in [0.1, 0.15) is 11.3 Å². The van der Waals surface area contributed by atoms with Crippen molar-refractivity contribution >= 4 is 5.69 Å². The Kier molecular flexibility index (Phi) is 3.39. The van der Waals surface area contributed by atoms with Gasteiger partial charge in [0.05, 0.1) is 24.5 Å². The van der Waals surface area contributed by atoms with E-state index >= 15 is 0 Å². The Morgan fingerprint density at radius 1 is 1.33 bits per heavy atom. The first-order chi connectivity index (χ1) is 8.52. The van der Waals surface area contributed by atoms with Gasteiger partial charge in [-0.3, -0.25) is 0 Å². The van der Waals surface area contributed by atoms with Gasteiger partial charge in [0.1, 0.15) is 6.07 Å². The summed E-state index contributed by atoms with van der Waals surface area (Å²) in [7, 11) is 0. The van der Waals surface area contributed by atoms with E-state index in [2.05, 4.69) is 4.98 Å². The number of nitrogens with zero attached hydrogens (tertiary/aromatic N) is 3. The van der Waals surface area contributed by atoms with Crippen LogP contribution in [0.4, 0.5) is 18.9 Å². The first-order valence-corrected chi connectivity index (χ1v) is 5.32. The lowest BCUT2D eigenvalue weighted by Gasteiger charge is -2.29. The Bertz CT molecular complexity index is 475. The second-order valence-corrected chi connectivity index (χ2v) is 3.80. The number of nitriles is 1. The Balaban J connectivity index is 2.39. The summed E-state index contributed by atoms with van der Waals surface area (Å²) in [5.74, 6) is 0. The molecule has 4 nitrogen and oxygen atoms in total. The molecule has 0 aromatic carbocycles. The van der Waals surface area contributed by atoms with Crippen LogP contribution in [0.3, 0.4) is 0 Å². The van der Waals surface area contributed by atoms with Gasteiger partial charge in [0, 0.05) is 19.3 Å². The number of hydrogen-bond donors (Lipinski definition) is 0. The van der Waals surface area contributed by atoms with Crippen LogP contribution >= 0.6 is 0 Å². The van der Waals surface area contributed by atoms with Crippen molar-refractivity contribution in [3.8, 4) is 6.07 Å². The van der Waals surface area contributed by atoms with Gasteiger partial charge in [-0.1, -0.05) is 0 Å². The minimum absolute atomic E-state index is 0.00454. The highest BCUT2D eigenvalue weighted by molar-refractivity contribution is 5.57. The molecule has 1 aliphatic rings. The normalized spacial score (nSPS) is 16.4. The van der Waals surface area contributed by atoms with Crippen LogP contribution in [0, 0.1) is 11.3 Å². The number of alkyl halides is 3. The summed E-state index contributed by atoms with van der Waals surface area (Å²) >= 11 is 0. The van der Waals surface area contributed by atoms with Crippen LogP contribution < -0.4 is 4.90 Å². The van der Waals surface area contributed by atoms with Gasteiger partial charge in [0.15, 0.2) is 5.69 Å². The highest BCUT2D eigenvalue weighted by atomic mass is 19.4. The van der Waals surface area contributed by atoms with E-state index in [-0.39, 0.29) is 11.4 Å². The topological polar surface area (TPSA) is 49.2 Å². The van der Waals surface area contributed by atoms with Crippen LogP contribution in [0.2, 0.25) is 0 Å². The summed E-state index contributed by atoms with van der Waals surface area (Å²) in [6.07, 6.45) is -3.77. The summed E-state index contributed by atoms with van der Waals surface area (Å²) in [4.78, 5) is 5.26. The number of ether oxygens (including phenoxy) is 1. The molecule has 1 aromatic heterocycles. The lowest BCUT2D eigenvalue weighted by molar-refractivity contribution is -0.137. The molecule has 0 amide bonds. The number of hydrogen-bond acceptors (Lipinski definition) is 4. The zero-order valence-electron chi connectivity index (χ0n) is 9.37. The van der Waals surface area contributed by atoms with Crippen molar-refractivity contribution < 1.29 is 17.9 Å². The largest absolute Gasteiger partial charge is 0.417 e. The maximum atomic E-state index is 12.6. The molecule has 0 saturated carbocycles. The third-order valence-electron chi connectivity index (χ3n) is 2.65. The van der Waals surface area contributed by atoms with E-state index in [1.54, 1.807) is 4.90 Å². The van der Waals surface area contributed by atoms with Gasteiger partial charge in [0.25, 0.3) is 0 Å². The monoisotopic (exact) mass is 257 g/mol. The molecule has 2 rings (SSSR count). The van der Waals surface area contributed by atoms with E-state index in [9.17, 15) is 13.2 Å². The Hall–Kier alpha value is -1.81. The van der Waals surface area contributed by atoms with E-state index in [4.69, 9.17) is 10.00 Å². The third-order valence-corrected chi connectivity index (χ3v) is 2.65. The van der Waals surface area contributed by atoms with E-state index in [1.807, 2.05) is 6.07 Å². The van der Waals surface area contributed by atoms with Crippen molar-refractivity contribution in [2.75, 3.05) is 31.2 Å². The zero-order chi connectivity index (χ0) is 13.2. The van der Waals surface area contributed by atoms with Crippen LogP contribution in [0.25, 0.3) is 0 Å². The van der Waals surface area contributed by atoms with Gasteiger partial charge in [0.2, 0.25) is 0 Å². The first-order valence-electron chi connectivity index (χ1n) is 5.32. The van der Waals surface area contributed by atoms with Crippen molar-refractivity contribution in [2.45, 2.75) is 6.18 Å². The molecule has 0 unspecified atom stereocenters. The van der Waals surface area contributed by atoms with E-state index < -0.39 is 11.7 Å². The molecule has 0 bridgehead atoms. The lowest BCUT2D eigenvalue weighted by Crippen LogP contribution is -2.37. The van der Waals surface area contributed by atoms with Crippen molar-refractivity contribution in [2.24, 2.45) is 0 Å². The van der Waals surface area contributed by atoms with Crippen LogP contribution in [0.15, 0.2) is 12.3 Å². The van der Waals surface area contributed by atoms with Gasteiger partial charge in [-0.2, -0.15) is 18.4 Å². The van der Waals surface area contributed by atoms with Crippen molar-refractivity contribution in [1.29, 1.82) is 5.26 Å². The molecular formula is C11H10F3N3O. The molecule has 1 saturated heterocycles. The highest BCUT2D eigenvalue weighted by Crippen LogP contribution is 2.32. The number of anilines is 1. The molecule has 1 aliphatic heterocycles. The minimum Gasteiger partial charge on any atom is -0.378 e. The number of pyridine rings is 1. The summed E-state index contributed by atoms with van der Waals surface area (Å²) in [5.41, 5.74) is -0.622. The Morgan fingerprint density at radius 3 is 2.56 bits per heavy atom. The maximum absolute atomic E-state index is 12.6. The molecule has 1 aromatic rings. The van der Waals surface area contributed by atoms with Crippen LogP contribution in [0.5, 0.6) is 0 Å². The van der Waals surface area contributed by atoms with Gasteiger partial charge >= 0.3 is 6.18 Å². The molecule has 18 heavy (non-hydrogen) atoms. The van der Waals surface area contributed by atoms with Gasteiger partial charge in [-0.05, 0) is 6.07 Å². The average molecular weight is 257 g/mol. The second kappa shape index (κ2) is 4.82. The summed E-state index contributed by atoms with van der Waals surface area (Å²) in [5, 5.41) is 8.89. The number of rotatable bonds is 1. The number of halogens is 3. The molecule has 0 atom stereocenters. The molecule has 0 radical (unpaired) electrons. The third kappa shape index (κ3) is 2.54.